The summed E-state index contributed by atoms with van der Waals surface area (Å²) in [4.78, 5) is 56.4. The molecule has 6 aromatic carbocycles. The highest BCUT2D eigenvalue weighted by molar-refractivity contribution is 6.19. The highest BCUT2D eigenvalue weighted by atomic mass is 16.3. The predicted molar refractivity (Wildman–Crippen MR) is 275 cm³/mol. The van der Waals surface area contributed by atoms with E-state index in [-0.39, 0.29) is 0 Å². The monoisotopic (exact) mass is 928 g/mol. The van der Waals surface area contributed by atoms with Crippen molar-refractivity contribution in [2.24, 2.45) is 0 Å². The molecule has 10 heterocycles. The molecule has 16 nitrogen and oxygen atoms in total. The van der Waals surface area contributed by atoms with Crippen LogP contribution in [0, 0.1) is 0 Å². The maximum Gasteiger partial charge on any atom is 0.154 e. The molecule has 16 heteroatoms. The summed E-state index contributed by atoms with van der Waals surface area (Å²) in [5.74, 6) is 2.48. The molecule has 0 amide bonds. The minimum absolute atomic E-state index is 0.557. The molecular formula is C56H28N14O2. The van der Waals surface area contributed by atoms with E-state index in [1.165, 1.54) is 0 Å². The molecule has 0 radical (unpaired) electrons. The quantitative estimate of drug-likeness (QED) is 0.148. The third-order valence-corrected chi connectivity index (χ3v) is 13.5. The SMILES string of the molecule is c1ccc2c(c1)c1ccc(-c3ccc(-c4cnc5c6nccnc6c6nccnc6c5n4)o3)cc1n2-n1c2ccccc2c2ccc(-c3ccc(-c4cnc5c6nccnc6c6nccnc6c5n4)o3)cc21. The molecule has 0 aliphatic rings. The Kier molecular flexibility index (Phi) is 7.76. The van der Waals surface area contributed by atoms with E-state index in [1.54, 1.807) is 62.0 Å². The van der Waals surface area contributed by atoms with Gasteiger partial charge in [-0.15, -0.1) is 0 Å². The van der Waals surface area contributed by atoms with Crippen molar-refractivity contribution in [1.82, 2.24) is 69.2 Å². The Morgan fingerprint density at radius 3 is 0.986 bits per heavy atom. The first kappa shape index (κ1) is 38.5. The second-order valence-electron chi connectivity index (χ2n) is 17.4. The second kappa shape index (κ2) is 14.5. The average Bonchev–Trinajstić information content (AvgIpc) is 4.28. The van der Waals surface area contributed by atoms with Crippen LogP contribution in [0.1, 0.15) is 0 Å². The van der Waals surface area contributed by atoms with Gasteiger partial charge in [-0.25, -0.2) is 29.3 Å². The third-order valence-electron chi connectivity index (χ3n) is 13.5. The van der Waals surface area contributed by atoms with Crippen LogP contribution in [0.2, 0.25) is 0 Å². The molecule has 0 aliphatic heterocycles. The van der Waals surface area contributed by atoms with Crippen LogP contribution in [0.15, 0.2) is 180 Å². The fourth-order valence-corrected chi connectivity index (χ4v) is 10.3. The average molecular weight is 929 g/mol. The lowest BCUT2D eigenvalue weighted by atomic mass is 10.1. The van der Waals surface area contributed by atoms with Crippen LogP contribution < -0.4 is 0 Å². The van der Waals surface area contributed by atoms with E-state index in [4.69, 9.17) is 28.8 Å². The number of furan rings is 2. The van der Waals surface area contributed by atoms with Gasteiger partial charge in [-0.1, -0.05) is 60.7 Å². The Balaban J connectivity index is 0.828. The smallest absolute Gasteiger partial charge is 0.154 e. The van der Waals surface area contributed by atoms with Gasteiger partial charge in [0.05, 0.1) is 34.5 Å². The van der Waals surface area contributed by atoms with Gasteiger partial charge in [0.15, 0.2) is 11.5 Å². The molecule has 0 atom stereocenters. The van der Waals surface area contributed by atoms with Gasteiger partial charge in [0, 0.05) is 82.2 Å². The summed E-state index contributed by atoms with van der Waals surface area (Å²) in [6.07, 6.45) is 16.5. The summed E-state index contributed by atoms with van der Waals surface area (Å²) in [5.41, 5.74) is 14.2. The summed E-state index contributed by atoms with van der Waals surface area (Å²) < 4.78 is 17.9. The van der Waals surface area contributed by atoms with Crippen LogP contribution in [0.4, 0.5) is 0 Å². The number of hydrogen-bond acceptors (Lipinski definition) is 14. The molecule has 10 aromatic heterocycles. The molecule has 334 valence electrons. The fraction of sp³-hybridized carbons (Fsp3) is 0. The van der Waals surface area contributed by atoms with Crippen LogP contribution in [-0.4, -0.2) is 69.2 Å². The maximum absolute atomic E-state index is 6.64. The van der Waals surface area contributed by atoms with Crippen molar-refractivity contribution in [3.05, 3.63) is 171 Å². The molecule has 0 N–H and O–H groups in total. The van der Waals surface area contributed by atoms with Crippen LogP contribution >= 0.6 is 0 Å². The number of fused-ring (bicyclic) bond motifs is 18. The predicted octanol–water partition coefficient (Wildman–Crippen LogP) is 11.7. The van der Waals surface area contributed by atoms with Crippen molar-refractivity contribution in [2.75, 3.05) is 0 Å². The first-order valence-electron chi connectivity index (χ1n) is 23.0. The number of hydrogen-bond donors (Lipinski definition) is 0. The molecular weight excluding hydrogens is 901 g/mol. The van der Waals surface area contributed by atoms with Crippen molar-refractivity contribution in [3.8, 4) is 45.6 Å². The topological polar surface area (TPSA) is 191 Å². The van der Waals surface area contributed by atoms with Gasteiger partial charge in [0.1, 0.15) is 89.1 Å². The largest absolute Gasteiger partial charge is 0.454 e. The lowest BCUT2D eigenvalue weighted by Gasteiger charge is -2.14. The number of para-hydroxylation sites is 2. The van der Waals surface area contributed by atoms with Gasteiger partial charge >= 0.3 is 0 Å². The first-order chi connectivity index (χ1) is 35.7. The van der Waals surface area contributed by atoms with E-state index >= 15 is 0 Å². The van der Waals surface area contributed by atoms with Gasteiger partial charge < -0.3 is 8.83 Å². The Hall–Kier alpha value is -10.5. The van der Waals surface area contributed by atoms with Crippen LogP contribution in [-0.2, 0) is 0 Å². The molecule has 16 aromatic rings. The van der Waals surface area contributed by atoms with Crippen molar-refractivity contribution < 1.29 is 8.83 Å². The highest BCUT2D eigenvalue weighted by Gasteiger charge is 2.23. The number of rotatable bonds is 5. The van der Waals surface area contributed by atoms with Gasteiger partial charge in [-0.2, -0.15) is 0 Å². The summed E-state index contributed by atoms with van der Waals surface area (Å²) in [6, 6.07) is 37.7. The molecule has 0 aliphatic carbocycles. The second-order valence-corrected chi connectivity index (χ2v) is 17.4. The Morgan fingerprint density at radius 1 is 0.278 bits per heavy atom. The van der Waals surface area contributed by atoms with E-state index in [0.717, 1.165) is 54.7 Å². The summed E-state index contributed by atoms with van der Waals surface area (Å²) >= 11 is 0. The lowest BCUT2D eigenvalue weighted by Crippen LogP contribution is -2.08. The van der Waals surface area contributed by atoms with E-state index < -0.39 is 0 Å². The maximum atomic E-state index is 6.64. The van der Waals surface area contributed by atoms with Gasteiger partial charge in [-0.05, 0) is 48.5 Å². The summed E-state index contributed by atoms with van der Waals surface area (Å²) in [5, 5.41) is 4.42. The minimum atomic E-state index is 0.557. The lowest BCUT2D eigenvalue weighted by molar-refractivity contribution is 0.594. The van der Waals surface area contributed by atoms with Crippen molar-refractivity contribution in [2.45, 2.75) is 0 Å². The van der Waals surface area contributed by atoms with E-state index in [2.05, 4.69) is 134 Å². The van der Waals surface area contributed by atoms with E-state index in [9.17, 15) is 0 Å². The van der Waals surface area contributed by atoms with Crippen LogP contribution in [0.5, 0.6) is 0 Å². The third kappa shape index (κ3) is 5.44. The normalized spacial score (nSPS) is 12.2. The van der Waals surface area contributed by atoms with Crippen molar-refractivity contribution in [1.29, 1.82) is 0 Å². The Labute approximate surface area is 403 Å². The Bertz CT molecular complexity index is 4600. The molecule has 0 saturated carbocycles. The van der Waals surface area contributed by atoms with Gasteiger partial charge in [0.2, 0.25) is 0 Å². The molecule has 16 rings (SSSR count). The molecule has 0 unspecified atom stereocenters. The molecule has 72 heavy (non-hydrogen) atoms. The number of nitrogens with zero attached hydrogens (tertiary/aromatic N) is 14. The van der Waals surface area contributed by atoms with E-state index in [1.807, 2.05) is 24.3 Å². The number of aromatic nitrogens is 14. The Morgan fingerprint density at radius 2 is 0.597 bits per heavy atom. The van der Waals surface area contributed by atoms with E-state index in [0.29, 0.717) is 101 Å². The number of benzene rings is 6. The zero-order chi connectivity index (χ0) is 47.0. The zero-order valence-corrected chi connectivity index (χ0v) is 37.2. The highest BCUT2D eigenvalue weighted by Crippen LogP contribution is 2.40. The van der Waals surface area contributed by atoms with Crippen molar-refractivity contribution >= 4 is 110 Å². The molecule has 0 fully saturated rings. The molecule has 0 saturated heterocycles. The van der Waals surface area contributed by atoms with Gasteiger partial charge in [0.25, 0.3) is 0 Å². The van der Waals surface area contributed by atoms with Gasteiger partial charge in [-0.3, -0.25) is 39.9 Å². The zero-order valence-electron chi connectivity index (χ0n) is 37.2. The molecule has 0 bridgehead atoms. The molecule has 0 spiro atoms. The van der Waals surface area contributed by atoms with Crippen molar-refractivity contribution in [3.63, 3.8) is 0 Å². The summed E-state index contributed by atoms with van der Waals surface area (Å²) in [6.45, 7) is 0. The minimum Gasteiger partial charge on any atom is -0.454 e. The van der Waals surface area contributed by atoms with Crippen LogP contribution in [0.3, 0.4) is 0 Å². The van der Waals surface area contributed by atoms with Crippen LogP contribution in [0.25, 0.3) is 155 Å². The standard InChI is InChI=1S/C56H28N14O2/c1-3-7-37-31(5-1)33-11-9-29(41-13-15-43(71-41)35-27-65-53-49-45(57-17-19-61-49)47-51(55(53)67-35)63-23-21-59-47)25-39(33)69(37)70-38-8-4-2-6-32(38)34-12-10-30(26-40(34)70)42-14-16-44(72-42)36-28-66-54-50-46(58-18-20-62-50)48-52(56(54)68-36)64-24-22-60-48/h1-28H. The summed E-state index contributed by atoms with van der Waals surface area (Å²) in [7, 11) is 0. The fourth-order valence-electron chi connectivity index (χ4n) is 10.3. The first-order valence-corrected chi connectivity index (χ1v) is 23.0.